The molecular weight excluding hydrogens is 60.9 g/mol. The van der Waals surface area contributed by atoms with Crippen molar-refractivity contribution in [2.24, 2.45) is 0 Å². The van der Waals surface area contributed by atoms with Crippen molar-refractivity contribution >= 4 is 7.41 Å². The van der Waals surface area contributed by atoms with E-state index in [0.717, 1.165) is 0 Å². The summed E-state index contributed by atoms with van der Waals surface area (Å²) in [6, 6.07) is 0. The quantitative estimate of drug-likeness (QED) is 0.391. The van der Waals surface area contributed by atoms with Crippen molar-refractivity contribution in [3.63, 3.8) is 0 Å². The molecule has 0 aromatic carbocycles. The lowest BCUT2D eigenvalue weighted by Crippen LogP contribution is -2.07. The molecule has 2 heteroatoms. The molecule has 0 amide bonds. The van der Waals surface area contributed by atoms with Crippen LogP contribution in [-0.2, 0) is 0 Å². The van der Waals surface area contributed by atoms with Gasteiger partial charge in [-0.25, -0.2) is 0 Å². The molecule has 1 saturated heterocycles. The Morgan fingerprint density at radius 1 is 1.80 bits per heavy atom. The molecule has 1 heterocycles. The second-order valence-corrected chi connectivity index (χ2v) is 1.46. The highest BCUT2D eigenvalue weighted by Crippen LogP contribution is 1.89. The third-order valence-electron chi connectivity index (χ3n) is 0.957. The lowest BCUT2D eigenvalue weighted by Gasteiger charge is -1.75. The summed E-state index contributed by atoms with van der Waals surface area (Å²) < 4.78 is 0. The summed E-state index contributed by atoms with van der Waals surface area (Å²) in [6.07, 6.45) is 2.78. The number of nitrogens with one attached hydrogen (secondary N) is 1. The van der Waals surface area contributed by atoms with Gasteiger partial charge in [0.1, 0.15) is 0 Å². The predicted molar refractivity (Wildman–Crippen MR) is 25.7 cm³/mol. The molecule has 0 unspecified atom stereocenters. The fraction of sp³-hybridized carbons (Fsp3) is 1.00. The molecule has 1 aliphatic rings. The molecule has 5 heavy (non-hydrogen) atoms. The lowest BCUT2D eigenvalue weighted by molar-refractivity contribution is 0.933. The van der Waals surface area contributed by atoms with Gasteiger partial charge in [-0.1, -0.05) is 6.32 Å². The Morgan fingerprint density at radius 2 is 2.80 bits per heavy atom. The van der Waals surface area contributed by atoms with Crippen LogP contribution in [0.15, 0.2) is 0 Å². The summed E-state index contributed by atoms with van der Waals surface area (Å²) in [7, 11) is 1.25. The zero-order valence-electron chi connectivity index (χ0n) is 4.33. The van der Waals surface area contributed by atoms with E-state index in [9.17, 15) is 0 Å². The molecule has 1 rings (SSSR count). The van der Waals surface area contributed by atoms with Crippen LogP contribution in [0.4, 0.5) is 0 Å². The van der Waals surface area contributed by atoms with Gasteiger partial charge in [-0.3, -0.25) is 0 Å². The Morgan fingerprint density at radius 3 is 3.00 bits per heavy atom. The van der Waals surface area contributed by atoms with Crippen molar-refractivity contribution in [2.75, 3.05) is 6.54 Å². The minimum atomic E-state index is 0. The number of hydrogen-bond donors (Lipinski definition) is 1. The van der Waals surface area contributed by atoms with Crippen molar-refractivity contribution in [3.05, 3.63) is 0 Å². The summed E-state index contributed by atoms with van der Waals surface area (Å²) in [6.45, 7) is 1.25. The van der Waals surface area contributed by atoms with Crippen molar-refractivity contribution in [3.8, 4) is 0 Å². The lowest BCUT2D eigenvalue weighted by atomic mass is 9.94. The topological polar surface area (TPSA) is 12.0 Å². The molecule has 1 aliphatic heterocycles. The van der Waals surface area contributed by atoms with Gasteiger partial charge in [0, 0.05) is 0 Å². The zero-order valence-corrected chi connectivity index (χ0v) is 3.33. The molecular formula is C3H9BN+. The molecule has 1 fully saturated rings. The molecule has 0 aromatic rings. The predicted octanol–water partition coefficient (Wildman–Crippen LogP) is -0.138. The highest BCUT2D eigenvalue weighted by Gasteiger charge is 1.96. The van der Waals surface area contributed by atoms with Gasteiger partial charge in [0.2, 0.25) is 7.41 Å². The second kappa shape index (κ2) is 1.46. The van der Waals surface area contributed by atoms with E-state index in [1.807, 2.05) is 0 Å². The van der Waals surface area contributed by atoms with Gasteiger partial charge >= 0.3 is 1.43 Å². The summed E-state index contributed by atoms with van der Waals surface area (Å²) in [4.78, 5) is 0. The monoisotopic (exact) mass is 70.1 g/mol. The number of rotatable bonds is 0. The smallest absolute Gasteiger partial charge is 0.359 e. The van der Waals surface area contributed by atoms with Crippen molar-refractivity contribution in [2.45, 2.75) is 12.7 Å². The molecule has 0 saturated carbocycles. The number of hydrogen-bond acceptors (Lipinski definition) is 1. The van der Waals surface area contributed by atoms with Crippen LogP contribution in [-0.4, -0.2) is 14.0 Å². The van der Waals surface area contributed by atoms with Gasteiger partial charge in [-0.2, -0.15) is 0 Å². The Labute approximate surface area is 34.5 Å². The van der Waals surface area contributed by atoms with Gasteiger partial charge < -0.3 is 5.23 Å². The Kier molecular flexibility index (Phi) is 0.940. The van der Waals surface area contributed by atoms with E-state index < -0.39 is 0 Å². The van der Waals surface area contributed by atoms with E-state index in [1.54, 1.807) is 0 Å². The molecule has 28 valence electrons. The van der Waals surface area contributed by atoms with Gasteiger partial charge in [0.05, 0.1) is 0 Å². The maximum atomic E-state index is 3.22. The van der Waals surface area contributed by atoms with Crippen molar-refractivity contribution < 1.29 is 1.43 Å². The van der Waals surface area contributed by atoms with Crippen LogP contribution in [0.1, 0.15) is 7.85 Å². The Hall–Kier alpha value is 0.0249. The van der Waals surface area contributed by atoms with Crippen LogP contribution in [0.3, 0.4) is 0 Å². The molecule has 1 N–H and O–H groups in total. The summed E-state index contributed by atoms with van der Waals surface area (Å²) in [5.41, 5.74) is 0. The molecule has 0 aromatic heterocycles. The standard InChI is InChI=1S/C3H8BN/c1-2-4-5-3-1/h4-5H,1-3H2/p+1. The normalized spacial score (nSPS) is 22.4. The first-order chi connectivity index (χ1) is 2.50. The maximum absolute atomic E-state index is 3.22. The van der Waals surface area contributed by atoms with Crippen LogP contribution in [0, 0.1) is 0 Å². The average Bonchev–Trinajstić information content (AvgIpc) is 1.76. The van der Waals surface area contributed by atoms with Gasteiger partial charge in [0.15, 0.2) is 0 Å². The van der Waals surface area contributed by atoms with Crippen LogP contribution in [0.25, 0.3) is 0 Å². The average molecular weight is 69.9 g/mol. The third-order valence-corrected chi connectivity index (χ3v) is 0.957. The highest BCUT2D eigenvalue weighted by atomic mass is 14.8. The first-order valence-corrected chi connectivity index (χ1v) is 2.21. The van der Waals surface area contributed by atoms with E-state index in [4.69, 9.17) is 0 Å². The third kappa shape index (κ3) is 0.654. The van der Waals surface area contributed by atoms with Crippen molar-refractivity contribution in [1.29, 1.82) is 0 Å². The van der Waals surface area contributed by atoms with Gasteiger partial charge in [-0.15, -0.1) is 0 Å². The molecule has 0 atom stereocenters. The Balaban J connectivity index is 0.000000250. The van der Waals surface area contributed by atoms with Crippen LogP contribution in [0.2, 0.25) is 6.32 Å². The van der Waals surface area contributed by atoms with Gasteiger partial charge in [-0.05, 0) is 13.0 Å². The summed E-state index contributed by atoms with van der Waals surface area (Å²) in [5.74, 6) is 0. The first-order valence-electron chi connectivity index (χ1n) is 2.21. The highest BCUT2D eigenvalue weighted by molar-refractivity contribution is 6.33. The zero-order chi connectivity index (χ0) is 3.54. The fourth-order valence-electron chi connectivity index (χ4n) is 0.625. The summed E-state index contributed by atoms with van der Waals surface area (Å²) in [5, 5.41) is 3.22. The molecule has 0 radical (unpaired) electrons. The minimum Gasteiger partial charge on any atom is -0.359 e. The molecule has 0 bridgehead atoms. The van der Waals surface area contributed by atoms with Crippen molar-refractivity contribution in [1.82, 2.24) is 5.23 Å². The van der Waals surface area contributed by atoms with E-state index >= 15 is 0 Å². The first kappa shape index (κ1) is 3.22. The van der Waals surface area contributed by atoms with Crippen LogP contribution < -0.4 is 5.23 Å². The molecule has 1 nitrogen and oxygen atoms in total. The van der Waals surface area contributed by atoms with Crippen LogP contribution in [0.5, 0.6) is 0 Å². The second-order valence-electron chi connectivity index (χ2n) is 1.46. The molecule has 0 aliphatic carbocycles. The molecule has 0 spiro atoms. The largest absolute Gasteiger partial charge is 1.00 e. The SMILES string of the molecule is B1CCCN1.[H+]. The van der Waals surface area contributed by atoms with E-state index in [1.165, 1.54) is 26.7 Å². The summed E-state index contributed by atoms with van der Waals surface area (Å²) >= 11 is 0. The Bertz CT molecular complexity index is 22.4. The minimum absolute atomic E-state index is 0. The van der Waals surface area contributed by atoms with Gasteiger partial charge in [0.25, 0.3) is 0 Å². The van der Waals surface area contributed by atoms with Crippen LogP contribution >= 0.6 is 0 Å². The van der Waals surface area contributed by atoms with E-state index in [0.29, 0.717) is 0 Å². The fourth-order valence-corrected chi connectivity index (χ4v) is 0.625. The maximum Gasteiger partial charge on any atom is 1.00 e. The van der Waals surface area contributed by atoms with E-state index in [2.05, 4.69) is 5.23 Å². The van der Waals surface area contributed by atoms with E-state index in [-0.39, 0.29) is 1.43 Å².